The van der Waals surface area contributed by atoms with Crippen LogP contribution in [-0.4, -0.2) is 29.9 Å². The molecule has 0 saturated carbocycles. The molecule has 1 aromatic rings. The molecule has 4 heteroatoms. The van der Waals surface area contributed by atoms with Gasteiger partial charge in [-0.3, -0.25) is 4.79 Å². The van der Waals surface area contributed by atoms with Gasteiger partial charge in [0.05, 0.1) is 6.04 Å². The minimum atomic E-state index is -0.0498. The van der Waals surface area contributed by atoms with E-state index in [1.807, 2.05) is 36.1 Å². The van der Waals surface area contributed by atoms with Crippen molar-refractivity contribution in [1.29, 1.82) is 0 Å². The summed E-state index contributed by atoms with van der Waals surface area (Å²) in [5, 5.41) is 4.08. The van der Waals surface area contributed by atoms with E-state index in [2.05, 4.69) is 12.2 Å². The lowest BCUT2D eigenvalue weighted by Gasteiger charge is -2.33. The van der Waals surface area contributed by atoms with E-state index in [4.69, 9.17) is 11.6 Å². The monoisotopic (exact) mass is 294 g/mol. The van der Waals surface area contributed by atoms with Crippen molar-refractivity contribution in [2.45, 2.75) is 39.3 Å². The quantitative estimate of drug-likeness (QED) is 0.925. The molecular weight excluding hydrogens is 272 g/mol. The van der Waals surface area contributed by atoms with Gasteiger partial charge in [-0.2, -0.15) is 0 Å². The number of benzene rings is 1. The molecule has 20 heavy (non-hydrogen) atoms. The van der Waals surface area contributed by atoms with Crippen LogP contribution < -0.4 is 5.32 Å². The van der Waals surface area contributed by atoms with Crippen molar-refractivity contribution in [3.05, 3.63) is 34.9 Å². The SMILES string of the molecule is CCN(Cc1ccccc1Cl)C(=O)C1NCCCC1C. The molecule has 2 rings (SSSR count). The van der Waals surface area contributed by atoms with Gasteiger partial charge in [-0.05, 0) is 43.9 Å². The van der Waals surface area contributed by atoms with Crippen LogP contribution in [0.5, 0.6) is 0 Å². The fourth-order valence-corrected chi connectivity index (χ4v) is 2.95. The number of carbonyl (C=O) groups excluding carboxylic acids is 1. The maximum Gasteiger partial charge on any atom is 0.240 e. The van der Waals surface area contributed by atoms with Crippen molar-refractivity contribution in [2.75, 3.05) is 13.1 Å². The number of hydrogen-bond acceptors (Lipinski definition) is 2. The van der Waals surface area contributed by atoms with Crippen molar-refractivity contribution in [2.24, 2.45) is 5.92 Å². The van der Waals surface area contributed by atoms with Gasteiger partial charge in [0.25, 0.3) is 0 Å². The molecule has 2 unspecified atom stereocenters. The number of amides is 1. The summed E-state index contributed by atoms with van der Waals surface area (Å²) in [5.74, 6) is 0.594. The van der Waals surface area contributed by atoms with E-state index < -0.39 is 0 Å². The Morgan fingerprint density at radius 2 is 2.20 bits per heavy atom. The van der Waals surface area contributed by atoms with Crippen LogP contribution in [0.15, 0.2) is 24.3 Å². The summed E-state index contributed by atoms with van der Waals surface area (Å²) in [6.07, 6.45) is 2.27. The van der Waals surface area contributed by atoms with Gasteiger partial charge in [0, 0.05) is 18.1 Å². The molecule has 0 spiro atoms. The van der Waals surface area contributed by atoms with Gasteiger partial charge in [-0.1, -0.05) is 36.7 Å². The maximum atomic E-state index is 12.7. The van der Waals surface area contributed by atoms with Crippen LogP contribution >= 0.6 is 11.6 Å². The van der Waals surface area contributed by atoms with Gasteiger partial charge < -0.3 is 10.2 Å². The van der Waals surface area contributed by atoms with Gasteiger partial charge in [0.15, 0.2) is 0 Å². The highest BCUT2D eigenvalue weighted by molar-refractivity contribution is 6.31. The van der Waals surface area contributed by atoms with Gasteiger partial charge >= 0.3 is 0 Å². The second-order valence-corrected chi connectivity index (χ2v) is 5.90. The number of piperidine rings is 1. The molecule has 1 aliphatic rings. The summed E-state index contributed by atoms with van der Waals surface area (Å²) in [7, 11) is 0. The average molecular weight is 295 g/mol. The number of halogens is 1. The Hall–Kier alpha value is -1.06. The van der Waals surface area contributed by atoms with E-state index in [9.17, 15) is 4.79 Å². The summed E-state index contributed by atoms with van der Waals surface area (Å²) in [6.45, 7) is 6.39. The maximum absolute atomic E-state index is 12.7. The molecule has 1 amide bonds. The number of carbonyl (C=O) groups is 1. The summed E-state index contributed by atoms with van der Waals surface area (Å²) in [5.41, 5.74) is 1.01. The van der Waals surface area contributed by atoms with Gasteiger partial charge in [0.2, 0.25) is 5.91 Å². The first kappa shape index (κ1) is 15.3. The molecule has 1 aromatic carbocycles. The highest BCUT2D eigenvalue weighted by Gasteiger charge is 2.30. The third kappa shape index (κ3) is 3.53. The first-order chi connectivity index (χ1) is 9.63. The number of nitrogens with zero attached hydrogens (tertiary/aromatic N) is 1. The van der Waals surface area contributed by atoms with E-state index in [1.54, 1.807) is 0 Å². The van der Waals surface area contributed by atoms with Gasteiger partial charge in [-0.25, -0.2) is 0 Å². The fraction of sp³-hybridized carbons (Fsp3) is 0.562. The first-order valence-corrected chi connectivity index (χ1v) is 7.76. The average Bonchev–Trinajstić information content (AvgIpc) is 2.46. The Kier molecular flexibility index (Phi) is 5.44. The largest absolute Gasteiger partial charge is 0.337 e. The molecule has 1 heterocycles. The van der Waals surface area contributed by atoms with E-state index in [1.165, 1.54) is 0 Å². The lowest BCUT2D eigenvalue weighted by molar-refractivity contribution is -0.135. The number of rotatable bonds is 4. The predicted octanol–water partition coefficient (Wildman–Crippen LogP) is 3.08. The van der Waals surface area contributed by atoms with Crippen molar-refractivity contribution in [1.82, 2.24) is 10.2 Å². The Labute approximate surface area is 126 Å². The third-order valence-electron chi connectivity index (χ3n) is 4.05. The first-order valence-electron chi connectivity index (χ1n) is 7.39. The molecule has 1 aliphatic heterocycles. The Morgan fingerprint density at radius 3 is 2.85 bits per heavy atom. The van der Waals surface area contributed by atoms with Crippen LogP contribution in [0.25, 0.3) is 0 Å². The minimum Gasteiger partial charge on any atom is -0.337 e. The lowest BCUT2D eigenvalue weighted by Crippen LogP contribution is -2.52. The lowest BCUT2D eigenvalue weighted by atomic mass is 9.91. The van der Waals surface area contributed by atoms with Crippen molar-refractivity contribution < 1.29 is 4.79 Å². The molecule has 2 atom stereocenters. The second kappa shape index (κ2) is 7.09. The van der Waals surface area contributed by atoms with Crippen LogP contribution in [0.1, 0.15) is 32.3 Å². The highest BCUT2D eigenvalue weighted by Crippen LogP contribution is 2.21. The standard InChI is InChI=1S/C16H23ClN2O/c1-3-19(11-13-8-4-5-9-14(13)17)16(20)15-12(2)7-6-10-18-15/h4-5,8-9,12,15,18H,3,6-7,10-11H2,1-2H3. The predicted molar refractivity (Wildman–Crippen MR) is 82.7 cm³/mol. The number of hydrogen-bond donors (Lipinski definition) is 1. The molecule has 0 bridgehead atoms. The van der Waals surface area contributed by atoms with Crippen molar-refractivity contribution in [3.8, 4) is 0 Å². The molecule has 0 radical (unpaired) electrons. The molecular formula is C16H23ClN2O. The van der Waals surface area contributed by atoms with Crippen molar-refractivity contribution >= 4 is 17.5 Å². The van der Waals surface area contributed by atoms with Crippen LogP contribution in [0, 0.1) is 5.92 Å². The topological polar surface area (TPSA) is 32.3 Å². The molecule has 0 aromatic heterocycles. The van der Waals surface area contributed by atoms with Gasteiger partial charge in [-0.15, -0.1) is 0 Å². The number of likely N-dealkylation sites (N-methyl/N-ethyl adjacent to an activating group) is 1. The molecule has 1 N–H and O–H groups in total. The minimum absolute atomic E-state index is 0.0498. The molecule has 0 aliphatic carbocycles. The Balaban J connectivity index is 2.07. The molecule has 1 fully saturated rings. The van der Waals surface area contributed by atoms with Crippen LogP contribution in [0.4, 0.5) is 0 Å². The summed E-state index contributed by atoms with van der Waals surface area (Å²) >= 11 is 6.19. The third-order valence-corrected chi connectivity index (χ3v) is 4.42. The molecule has 3 nitrogen and oxygen atoms in total. The Bertz CT molecular complexity index is 464. The van der Waals surface area contributed by atoms with Crippen LogP contribution in [0.2, 0.25) is 5.02 Å². The fourth-order valence-electron chi connectivity index (χ4n) is 2.75. The Morgan fingerprint density at radius 1 is 1.45 bits per heavy atom. The normalized spacial score (nSPS) is 22.6. The second-order valence-electron chi connectivity index (χ2n) is 5.50. The van der Waals surface area contributed by atoms with E-state index in [-0.39, 0.29) is 11.9 Å². The summed E-state index contributed by atoms with van der Waals surface area (Å²) in [4.78, 5) is 14.6. The van der Waals surface area contributed by atoms with Gasteiger partial charge in [0.1, 0.15) is 0 Å². The zero-order valence-electron chi connectivity index (χ0n) is 12.2. The van der Waals surface area contributed by atoms with Crippen LogP contribution in [0.3, 0.4) is 0 Å². The van der Waals surface area contributed by atoms with Crippen LogP contribution in [-0.2, 0) is 11.3 Å². The zero-order valence-corrected chi connectivity index (χ0v) is 13.0. The smallest absolute Gasteiger partial charge is 0.240 e. The molecule has 110 valence electrons. The zero-order chi connectivity index (χ0) is 14.5. The van der Waals surface area contributed by atoms with E-state index >= 15 is 0 Å². The molecule has 1 saturated heterocycles. The number of nitrogens with one attached hydrogen (secondary N) is 1. The van der Waals surface area contributed by atoms with Crippen molar-refractivity contribution in [3.63, 3.8) is 0 Å². The summed E-state index contributed by atoms with van der Waals surface area (Å²) < 4.78 is 0. The van der Waals surface area contributed by atoms with E-state index in [0.29, 0.717) is 19.0 Å². The van der Waals surface area contributed by atoms with E-state index in [0.717, 1.165) is 30.0 Å². The highest BCUT2D eigenvalue weighted by atomic mass is 35.5. The summed E-state index contributed by atoms with van der Waals surface area (Å²) in [6, 6.07) is 7.67.